The van der Waals surface area contributed by atoms with Crippen molar-refractivity contribution in [2.75, 3.05) is 13.2 Å². The van der Waals surface area contributed by atoms with Crippen molar-refractivity contribution < 1.29 is 28.6 Å². The molecular formula is C74H120O6. The van der Waals surface area contributed by atoms with E-state index in [1.165, 1.54) is 116 Å². The van der Waals surface area contributed by atoms with Gasteiger partial charge in [0.25, 0.3) is 0 Å². The van der Waals surface area contributed by atoms with Crippen molar-refractivity contribution in [1.29, 1.82) is 0 Å². The number of hydrogen-bond acceptors (Lipinski definition) is 6. The Kier molecular flexibility index (Phi) is 62.9. The van der Waals surface area contributed by atoms with E-state index in [0.29, 0.717) is 19.3 Å². The van der Waals surface area contributed by atoms with E-state index < -0.39 is 6.10 Å². The van der Waals surface area contributed by atoms with Gasteiger partial charge in [0, 0.05) is 19.3 Å². The van der Waals surface area contributed by atoms with Crippen molar-refractivity contribution in [1.82, 2.24) is 0 Å². The van der Waals surface area contributed by atoms with Crippen molar-refractivity contribution in [3.8, 4) is 0 Å². The molecule has 0 amide bonds. The standard InChI is InChI=1S/C74H120O6/c1-4-7-10-13-16-19-22-25-27-29-31-33-35-36-37-38-40-41-43-45-47-49-52-55-58-61-64-67-73(76)79-70-71(69-78-72(75)66-63-60-57-54-51-24-21-18-15-12-9-6-3)80-74(77)68-65-62-59-56-53-50-48-46-44-42-39-34-32-30-28-26-23-20-17-14-11-8-5-2/h7-8,10-11,16-17,19-20,25-28,31-34,36-37,42,44,48,50,56,59,71H,4-6,9,12-15,18,21-24,29-30,35,38-41,43,45-47,49,51-55,57-58,60-70H2,1-3H3/b10-7-,11-8-,19-16-,20-17-,27-25-,28-26-,33-31-,34-32-,37-36-,44-42-,50-48-,59-56-. The molecule has 0 saturated heterocycles. The molecule has 0 aromatic rings. The minimum Gasteiger partial charge on any atom is -0.462 e. The number of carbonyl (C=O) groups excluding carboxylic acids is 3. The molecule has 0 heterocycles. The summed E-state index contributed by atoms with van der Waals surface area (Å²) in [7, 11) is 0. The molecule has 0 aliphatic heterocycles. The molecule has 452 valence electrons. The monoisotopic (exact) mass is 1100 g/mol. The van der Waals surface area contributed by atoms with Crippen LogP contribution in [0, 0.1) is 0 Å². The third-order valence-electron chi connectivity index (χ3n) is 13.6. The zero-order valence-corrected chi connectivity index (χ0v) is 51.8. The van der Waals surface area contributed by atoms with Gasteiger partial charge in [-0.1, -0.05) is 295 Å². The van der Waals surface area contributed by atoms with E-state index >= 15 is 0 Å². The summed E-state index contributed by atoms with van der Waals surface area (Å²) in [6.45, 7) is 6.37. The molecule has 0 aromatic heterocycles. The third kappa shape index (κ3) is 64.1. The molecule has 0 rings (SSSR count). The molecule has 6 nitrogen and oxygen atoms in total. The summed E-state index contributed by atoms with van der Waals surface area (Å²) in [6.07, 6.45) is 95.7. The summed E-state index contributed by atoms with van der Waals surface area (Å²) < 4.78 is 16.9. The molecule has 0 aromatic carbocycles. The predicted octanol–water partition coefficient (Wildman–Crippen LogP) is 22.7. The smallest absolute Gasteiger partial charge is 0.306 e. The summed E-state index contributed by atoms with van der Waals surface area (Å²) in [5, 5.41) is 0. The van der Waals surface area contributed by atoms with Gasteiger partial charge >= 0.3 is 17.9 Å². The lowest BCUT2D eigenvalue weighted by Gasteiger charge is -2.18. The first-order chi connectivity index (χ1) is 39.5. The Labute approximate surface area is 493 Å². The van der Waals surface area contributed by atoms with Crippen LogP contribution in [-0.4, -0.2) is 37.2 Å². The number of allylic oxidation sites excluding steroid dienone is 24. The SMILES string of the molecule is CC/C=C\C/C=C\C/C=C\C/C=C\C/C=C\C/C=C\C/C=C\CCCC(=O)OC(COC(=O)CCCCCCCCCCCCCC)COC(=O)CCCCCCCCCCCCC/C=C\C/C=C\C/C=C\C/C=C\C/C=C\CC. The molecule has 80 heavy (non-hydrogen) atoms. The molecule has 0 bridgehead atoms. The molecular weight excluding hydrogens is 985 g/mol. The fourth-order valence-corrected chi connectivity index (χ4v) is 8.75. The van der Waals surface area contributed by atoms with E-state index in [4.69, 9.17) is 14.2 Å². The lowest BCUT2D eigenvalue weighted by molar-refractivity contribution is -0.167. The minimum atomic E-state index is -0.815. The Morgan fingerprint density at radius 1 is 0.263 bits per heavy atom. The van der Waals surface area contributed by atoms with Gasteiger partial charge in [0.15, 0.2) is 6.10 Å². The van der Waals surface area contributed by atoms with Gasteiger partial charge in [0.05, 0.1) is 0 Å². The van der Waals surface area contributed by atoms with Gasteiger partial charge in [-0.25, -0.2) is 0 Å². The van der Waals surface area contributed by atoms with Crippen molar-refractivity contribution >= 4 is 17.9 Å². The van der Waals surface area contributed by atoms with Crippen molar-refractivity contribution in [3.05, 3.63) is 146 Å². The summed E-state index contributed by atoms with van der Waals surface area (Å²) in [5.41, 5.74) is 0. The zero-order valence-electron chi connectivity index (χ0n) is 51.8. The van der Waals surface area contributed by atoms with Crippen molar-refractivity contribution in [2.45, 2.75) is 290 Å². The van der Waals surface area contributed by atoms with Crippen LogP contribution < -0.4 is 0 Å². The summed E-state index contributed by atoms with van der Waals surface area (Å²) >= 11 is 0. The van der Waals surface area contributed by atoms with Gasteiger partial charge in [-0.15, -0.1) is 0 Å². The Morgan fingerprint density at radius 3 is 0.800 bits per heavy atom. The molecule has 6 heteroatoms. The average Bonchev–Trinajstić information content (AvgIpc) is 3.46. The highest BCUT2D eigenvalue weighted by atomic mass is 16.6. The maximum Gasteiger partial charge on any atom is 0.306 e. The van der Waals surface area contributed by atoms with Crippen LogP contribution in [0.15, 0.2) is 146 Å². The maximum absolute atomic E-state index is 12.9. The highest BCUT2D eigenvalue weighted by Gasteiger charge is 2.19. The second-order valence-electron chi connectivity index (χ2n) is 21.3. The number of ether oxygens (including phenoxy) is 3. The van der Waals surface area contributed by atoms with E-state index in [1.807, 2.05) is 0 Å². The third-order valence-corrected chi connectivity index (χ3v) is 13.6. The molecule has 0 N–H and O–H groups in total. The van der Waals surface area contributed by atoms with E-state index in [2.05, 4.69) is 167 Å². The normalized spacial score (nSPS) is 13.1. The fourth-order valence-electron chi connectivity index (χ4n) is 8.75. The topological polar surface area (TPSA) is 78.9 Å². The van der Waals surface area contributed by atoms with Crippen LogP contribution in [0.4, 0.5) is 0 Å². The molecule has 0 saturated carbocycles. The first kappa shape index (κ1) is 75.3. The molecule has 1 unspecified atom stereocenters. The lowest BCUT2D eigenvalue weighted by Crippen LogP contribution is -2.30. The predicted molar refractivity (Wildman–Crippen MR) is 348 cm³/mol. The molecule has 0 aliphatic rings. The largest absolute Gasteiger partial charge is 0.462 e. The minimum absolute atomic E-state index is 0.104. The zero-order chi connectivity index (χ0) is 57.8. The molecule has 0 aliphatic carbocycles. The summed E-state index contributed by atoms with van der Waals surface area (Å²) in [6, 6.07) is 0. The highest BCUT2D eigenvalue weighted by molar-refractivity contribution is 5.71. The first-order valence-corrected chi connectivity index (χ1v) is 32.8. The van der Waals surface area contributed by atoms with E-state index in [9.17, 15) is 14.4 Å². The number of carbonyl (C=O) groups is 3. The highest BCUT2D eigenvalue weighted by Crippen LogP contribution is 2.16. The Balaban J connectivity index is 4.40. The van der Waals surface area contributed by atoms with E-state index in [1.54, 1.807) is 0 Å². The summed E-state index contributed by atoms with van der Waals surface area (Å²) in [4.78, 5) is 38.3. The van der Waals surface area contributed by atoms with Gasteiger partial charge < -0.3 is 14.2 Å². The van der Waals surface area contributed by atoms with Crippen molar-refractivity contribution in [2.24, 2.45) is 0 Å². The van der Waals surface area contributed by atoms with Gasteiger partial charge in [0.1, 0.15) is 13.2 Å². The Morgan fingerprint density at radius 2 is 0.500 bits per heavy atom. The van der Waals surface area contributed by atoms with Crippen LogP contribution in [-0.2, 0) is 28.6 Å². The van der Waals surface area contributed by atoms with E-state index in [0.717, 1.165) is 122 Å². The first-order valence-electron chi connectivity index (χ1n) is 32.8. The quantitative estimate of drug-likeness (QED) is 0.0261. The van der Waals surface area contributed by atoms with Crippen molar-refractivity contribution in [3.63, 3.8) is 0 Å². The van der Waals surface area contributed by atoms with Gasteiger partial charge in [0.2, 0.25) is 0 Å². The van der Waals surface area contributed by atoms with Crippen LogP contribution in [0.3, 0.4) is 0 Å². The van der Waals surface area contributed by atoms with Gasteiger partial charge in [-0.2, -0.15) is 0 Å². The number of hydrogen-bond donors (Lipinski definition) is 0. The molecule has 0 radical (unpaired) electrons. The second kappa shape index (κ2) is 66.8. The van der Waals surface area contributed by atoms with Gasteiger partial charge in [-0.3, -0.25) is 14.4 Å². The Hall–Kier alpha value is -4.71. The average molecular weight is 1110 g/mol. The van der Waals surface area contributed by atoms with Crippen LogP contribution in [0.2, 0.25) is 0 Å². The Bertz CT molecular complexity index is 1750. The molecule has 0 spiro atoms. The second-order valence-corrected chi connectivity index (χ2v) is 21.3. The van der Waals surface area contributed by atoms with Crippen LogP contribution in [0.1, 0.15) is 284 Å². The fraction of sp³-hybridized carbons (Fsp3) is 0.635. The van der Waals surface area contributed by atoms with Crippen LogP contribution in [0.5, 0.6) is 0 Å². The molecule has 1 atom stereocenters. The molecule has 0 fully saturated rings. The van der Waals surface area contributed by atoms with Gasteiger partial charge in [-0.05, 0) is 116 Å². The lowest BCUT2D eigenvalue weighted by atomic mass is 10.0. The van der Waals surface area contributed by atoms with Crippen LogP contribution >= 0.6 is 0 Å². The van der Waals surface area contributed by atoms with E-state index in [-0.39, 0.29) is 37.5 Å². The maximum atomic E-state index is 12.9. The number of rotatable bonds is 58. The number of unbranched alkanes of at least 4 members (excludes halogenated alkanes) is 23. The summed E-state index contributed by atoms with van der Waals surface area (Å²) in [5.74, 6) is -0.965. The number of esters is 3. The van der Waals surface area contributed by atoms with Crippen LogP contribution in [0.25, 0.3) is 0 Å².